The molecule has 1 fully saturated rings. The first kappa shape index (κ1) is 14.8. The van der Waals surface area contributed by atoms with Crippen LogP contribution in [0.3, 0.4) is 0 Å². The molecule has 1 atom stereocenters. The van der Waals surface area contributed by atoms with Crippen LogP contribution in [0, 0.1) is 23.0 Å². The predicted molar refractivity (Wildman–Crippen MR) is 81.2 cm³/mol. The maximum absolute atomic E-state index is 10.8. The van der Waals surface area contributed by atoms with Gasteiger partial charge in [-0.2, -0.15) is 0 Å². The fourth-order valence-corrected chi connectivity index (χ4v) is 2.67. The third-order valence-corrected chi connectivity index (χ3v) is 3.84. The van der Waals surface area contributed by atoms with Gasteiger partial charge in [-0.25, -0.2) is 0 Å². The van der Waals surface area contributed by atoms with Crippen LogP contribution in [0.2, 0.25) is 0 Å². The molecule has 0 radical (unpaired) electrons. The number of likely N-dealkylation sites (tertiary alicyclic amines) is 1. The van der Waals surface area contributed by atoms with Gasteiger partial charge in [-0.05, 0) is 44.3 Å². The van der Waals surface area contributed by atoms with Crippen LogP contribution < -0.4 is 5.32 Å². The van der Waals surface area contributed by atoms with E-state index in [9.17, 15) is 10.1 Å². The van der Waals surface area contributed by atoms with E-state index < -0.39 is 0 Å². The van der Waals surface area contributed by atoms with Gasteiger partial charge in [0.2, 0.25) is 0 Å². The first-order valence-electron chi connectivity index (χ1n) is 7.27. The van der Waals surface area contributed by atoms with Crippen molar-refractivity contribution in [3.8, 4) is 0 Å². The SMILES string of the molecule is Cc1ccc([N+](=O)[O-])cc1NCC(C)CN1CCCC1. The molecule has 1 aromatic rings. The third kappa shape index (κ3) is 3.93. The Kier molecular flexibility index (Phi) is 4.95. The van der Waals surface area contributed by atoms with Crippen molar-refractivity contribution in [2.75, 3.05) is 31.5 Å². The minimum Gasteiger partial charge on any atom is -0.384 e. The molecule has 110 valence electrons. The quantitative estimate of drug-likeness (QED) is 0.641. The van der Waals surface area contributed by atoms with Gasteiger partial charge in [-0.1, -0.05) is 13.0 Å². The monoisotopic (exact) mass is 277 g/mol. The molecule has 20 heavy (non-hydrogen) atoms. The van der Waals surface area contributed by atoms with Crippen molar-refractivity contribution in [2.24, 2.45) is 5.92 Å². The molecule has 1 unspecified atom stereocenters. The van der Waals surface area contributed by atoms with Crippen LogP contribution in [0.4, 0.5) is 11.4 Å². The number of benzene rings is 1. The Hall–Kier alpha value is -1.62. The molecule has 0 amide bonds. The maximum Gasteiger partial charge on any atom is 0.271 e. The molecule has 0 spiro atoms. The Morgan fingerprint density at radius 2 is 2.10 bits per heavy atom. The Bertz CT molecular complexity index is 470. The van der Waals surface area contributed by atoms with Crippen molar-refractivity contribution in [1.29, 1.82) is 0 Å². The van der Waals surface area contributed by atoms with Gasteiger partial charge in [0.1, 0.15) is 0 Å². The first-order chi connectivity index (χ1) is 9.56. The van der Waals surface area contributed by atoms with Crippen molar-refractivity contribution < 1.29 is 4.92 Å². The molecule has 0 aromatic heterocycles. The van der Waals surface area contributed by atoms with Crippen LogP contribution in [0.15, 0.2) is 18.2 Å². The van der Waals surface area contributed by atoms with Gasteiger partial charge in [0.05, 0.1) is 4.92 Å². The summed E-state index contributed by atoms with van der Waals surface area (Å²) in [6, 6.07) is 4.97. The number of nitrogens with one attached hydrogen (secondary N) is 1. The molecule has 0 bridgehead atoms. The fourth-order valence-electron chi connectivity index (χ4n) is 2.67. The van der Waals surface area contributed by atoms with Crippen molar-refractivity contribution in [3.05, 3.63) is 33.9 Å². The Labute approximate surface area is 120 Å². The van der Waals surface area contributed by atoms with Crippen LogP contribution >= 0.6 is 0 Å². The zero-order chi connectivity index (χ0) is 14.5. The predicted octanol–water partition coefficient (Wildman–Crippen LogP) is 3.05. The highest BCUT2D eigenvalue weighted by Gasteiger charge is 2.15. The first-order valence-corrected chi connectivity index (χ1v) is 7.27. The summed E-state index contributed by atoms with van der Waals surface area (Å²) in [6.45, 7) is 8.55. The van der Waals surface area contributed by atoms with E-state index in [0.29, 0.717) is 5.92 Å². The number of rotatable bonds is 6. The highest BCUT2D eigenvalue weighted by atomic mass is 16.6. The normalized spacial score (nSPS) is 17.1. The number of anilines is 1. The second-order valence-corrected chi connectivity index (χ2v) is 5.75. The number of aryl methyl sites for hydroxylation is 1. The summed E-state index contributed by atoms with van der Waals surface area (Å²) in [6.07, 6.45) is 2.62. The summed E-state index contributed by atoms with van der Waals surface area (Å²) >= 11 is 0. The Morgan fingerprint density at radius 3 is 2.75 bits per heavy atom. The van der Waals surface area contributed by atoms with Crippen LogP contribution in [-0.4, -0.2) is 36.0 Å². The molecule has 2 rings (SSSR count). The lowest BCUT2D eigenvalue weighted by Crippen LogP contribution is -2.28. The molecular formula is C15H23N3O2. The summed E-state index contributed by atoms with van der Waals surface area (Å²) in [4.78, 5) is 12.9. The number of nitrogens with zero attached hydrogens (tertiary/aromatic N) is 2. The zero-order valence-corrected chi connectivity index (χ0v) is 12.3. The molecule has 0 aliphatic carbocycles. The summed E-state index contributed by atoms with van der Waals surface area (Å²) in [5.41, 5.74) is 2.06. The second-order valence-electron chi connectivity index (χ2n) is 5.75. The van der Waals surface area contributed by atoms with Crippen LogP contribution in [-0.2, 0) is 0 Å². The average molecular weight is 277 g/mol. The molecular weight excluding hydrogens is 254 g/mol. The molecule has 1 heterocycles. The molecule has 5 heteroatoms. The molecule has 1 N–H and O–H groups in total. The summed E-state index contributed by atoms with van der Waals surface area (Å²) in [7, 11) is 0. The van der Waals surface area contributed by atoms with E-state index in [-0.39, 0.29) is 10.6 Å². The van der Waals surface area contributed by atoms with Crippen LogP contribution in [0.25, 0.3) is 0 Å². The fraction of sp³-hybridized carbons (Fsp3) is 0.600. The lowest BCUT2D eigenvalue weighted by atomic mass is 10.1. The summed E-state index contributed by atoms with van der Waals surface area (Å²) in [5.74, 6) is 0.534. The Balaban J connectivity index is 1.89. The zero-order valence-electron chi connectivity index (χ0n) is 12.3. The van der Waals surface area contributed by atoms with Gasteiger partial charge in [-0.3, -0.25) is 10.1 Å². The molecule has 1 aliphatic heterocycles. The van der Waals surface area contributed by atoms with Crippen molar-refractivity contribution >= 4 is 11.4 Å². The minimum atomic E-state index is -0.349. The third-order valence-electron chi connectivity index (χ3n) is 3.84. The van der Waals surface area contributed by atoms with Crippen molar-refractivity contribution in [1.82, 2.24) is 4.90 Å². The maximum atomic E-state index is 10.8. The smallest absolute Gasteiger partial charge is 0.271 e. The molecule has 5 nitrogen and oxygen atoms in total. The van der Waals surface area contributed by atoms with Gasteiger partial charge < -0.3 is 10.2 Å². The van der Waals surface area contributed by atoms with E-state index in [2.05, 4.69) is 17.1 Å². The topological polar surface area (TPSA) is 58.4 Å². The molecule has 1 aromatic carbocycles. The molecule has 0 saturated carbocycles. The van der Waals surface area contributed by atoms with E-state index in [1.165, 1.54) is 25.9 Å². The molecule has 1 saturated heterocycles. The van der Waals surface area contributed by atoms with E-state index in [4.69, 9.17) is 0 Å². The number of nitro benzene ring substituents is 1. The van der Waals surface area contributed by atoms with Crippen molar-refractivity contribution in [2.45, 2.75) is 26.7 Å². The number of non-ortho nitro benzene ring substituents is 1. The van der Waals surface area contributed by atoms with Gasteiger partial charge >= 0.3 is 0 Å². The highest BCUT2D eigenvalue weighted by Crippen LogP contribution is 2.22. The van der Waals surface area contributed by atoms with E-state index in [1.54, 1.807) is 18.2 Å². The number of hydrogen-bond donors (Lipinski definition) is 1. The summed E-state index contributed by atoms with van der Waals surface area (Å²) < 4.78 is 0. The average Bonchev–Trinajstić information content (AvgIpc) is 2.90. The highest BCUT2D eigenvalue weighted by molar-refractivity contribution is 5.56. The summed E-state index contributed by atoms with van der Waals surface area (Å²) in [5, 5.41) is 14.2. The minimum absolute atomic E-state index is 0.144. The van der Waals surface area contributed by atoms with E-state index in [0.717, 1.165) is 24.3 Å². The number of nitro groups is 1. The largest absolute Gasteiger partial charge is 0.384 e. The van der Waals surface area contributed by atoms with Gasteiger partial charge in [0, 0.05) is 30.9 Å². The van der Waals surface area contributed by atoms with E-state index in [1.807, 2.05) is 6.92 Å². The van der Waals surface area contributed by atoms with Gasteiger partial charge in [0.25, 0.3) is 5.69 Å². The van der Waals surface area contributed by atoms with Crippen LogP contribution in [0.5, 0.6) is 0 Å². The standard InChI is InChI=1S/C15H23N3O2/c1-12(11-17-7-3-4-8-17)10-16-15-9-14(18(19)20)6-5-13(15)2/h5-6,9,12,16H,3-4,7-8,10-11H2,1-2H3. The lowest BCUT2D eigenvalue weighted by Gasteiger charge is -2.21. The van der Waals surface area contributed by atoms with Crippen LogP contribution in [0.1, 0.15) is 25.3 Å². The lowest BCUT2D eigenvalue weighted by molar-refractivity contribution is -0.384. The second kappa shape index (κ2) is 6.70. The van der Waals surface area contributed by atoms with Gasteiger partial charge in [0.15, 0.2) is 0 Å². The van der Waals surface area contributed by atoms with Crippen molar-refractivity contribution in [3.63, 3.8) is 0 Å². The van der Waals surface area contributed by atoms with E-state index >= 15 is 0 Å². The van der Waals surface area contributed by atoms with Gasteiger partial charge in [-0.15, -0.1) is 0 Å². The molecule has 1 aliphatic rings. The number of hydrogen-bond acceptors (Lipinski definition) is 4. The Morgan fingerprint density at radius 1 is 1.40 bits per heavy atom.